The van der Waals surface area contributed by atoms with Crippen LogP contribution in [0.4, 0.5) is 17.1 Å². The van der Waals surface area contributed by atoms with Gasteiger partial charge in [0, 0.05) is 16.9 Å². The quantitative estimate of drug-likeness (QED) is 0.140. The molecular weight excluding hydrogens is 795 g/mol. The number of hydrogen-bond donors (Lipinski definition) is 0. The molecule has 1 nitrogen and oxygen atoms in total. The molecule has 0 aromatic heterocycles. The van der Waals surface area contributed by atoms with Crippen molar-refractivity contribution in [1.82, 2.24) is 0 Å². The third-order valence-electron chi connectivity index (χ3n) is 13.6. The highest BCUT2D eigenvalue weighted by Gasteiger charge is 2.47. The number of fused-ring (bicyclic) bond motifs is 4. The van der Waals surface area contributed by atoms with Gasteiger partial charge in [0.25, 0.3) is 0 Å². The molecule has 66 heavy (non-hydrogen) atoms. The summed E-state index contributed by atoms with van der Waals surface area (Å²) < 4.78 is 0. The topological polar surface area (TPSA) is 3.24 Å². The van der Waals surface area contributed by atoms with Gasteiger partial charge in [0.15, 0.2) is 0 Å². The second kappa shape index (κ2) is 16.6. The van der Waals surface area contributed by atoms with Crippen LogP contribution in [-0.4, -0.2) is 0 Å². The molecule has 0 aliphatic heterocycles. The number of hydrogen-bond acceptors (Lipinski definition) is 1. The van der Waals surface area contributed by atoms with Crippen LogP contribution in [0.15, 0.2) is 273 Å². The Balaban J connectivity index is 1.01. The van der Waals surface area contributed by atoms with Gasteiger partial charge >= 0.3 is 0 Å². The summed E-state index contributed by atoms with van der Waals surface area (Å²) in [7, 11) is 0. The van der Waals surface area contributed by atoms with Crippen LogP contribution >= 0.6 is 0 Å². The zero-order chi connectivity index (χ0) is 43.9. The van der Waals surface area contributed by atoms with E-state index in [1.54, 1.807) is 0 Å². The van der Waals surface area contributed by atoms with E-state index in [0.29, 0.717) is 0 Å². The first-order valence-electron chi connectivity index (χ1n) is 22.8. The summed E-state index contributed by atoms with van der Waals surface area (Å²) in [5, 5.41) is 2.51. The molecule has 11 aromatic carbocycles. The number of nitrogens with zero attached hydrogens (tertiary/aromatic N) is 1. The fourth-order valence-corrected chi connectivity index (χ4v) is 10.4. The fourth-order valence-electron chi connectivity index (χ4n) is 10.4. The second-order valence-electron chi connectivity index (χ2n) is 17.2. The molecule has 0 saturated heterocycles. The highest BCUT2D eigenvalue weighted by atomic mass is 15.1. The van der Waals surface area contributed by atoms with E-state index in [4.69, 9.17) is 0 Å². The third-order valence-corrected chi connectivity index (χ3v) is 13.6. The largest absolute Gasteiger partial charge is 0.310 e. The smallest absolute Gasteiger partial charge is 0.0714 e. The number of benzene rings is 11. The van der Waals surface area contributed by atoms with Crippen molar-refractivity contribution < 1.29 is 0 Å². The molecule has 310 valence electrons. The van der Waals surface area contributed by atoms with Gasteiger partial charge in [-0.3, -0.25) is 0 Å². The van der Waals surface area contributed by atoms with E-state index in [0.717, 1.165) is 22.6 Å². The van der Waals surface area contributed by atoms with E-state index in [1.807, 2.05) is 0 Å². The van der Waals surface area contributed by atoms with Crippen molar-refractivity contribution in [2.75, 3.05) is 4.90 Å². The van der Waals surface area contributed by atoms with Crippen molar-refractivity contribution in [2.24, 2.45) is 0 Å². The van der Waals surface area contributed by atoms with Crippen molar-refractivity contribution in [3.05, 3.63) is 295 Å². The Morgan fingerprint density at radius 3 is 1.33 bits per heavy atom. The molecule has 0 amide bonds. The van der Waals surface area contributed by atoms with Crippen LogP contribution in [0.3, 0.4) is 0 Å². The van der Waals surface area contributed by atoms with Gasteiger partial charge in [-0.2, -0.15) is 0 Å². The third kappa shape index (κ3) is 6.73. The van der Waals surface area contributed by atoms with Crippen LogP contribution in [-0.2, 0) is 5.41 Å². The van der Waals surface area contributed by atoms with Gasteiger partial charge in [-0.15, -0.1) is 0 Å². The highest BCUT2D eigenvalue weighted by Crippen LogP contribution is 2.59. The Hall–Kier alpha value is -8.52. The van der Waals surface area contributed by atoms with Crippen LogP contribution < -0.4 is 4.90 Å². The molecule has 0 heterocycles. The molecule has 1 heteroatoms. The van der Waals surface area contributed by atoms with Crippen LogP contribution in [0.25, 0.3) is 66.4 Å². The molecular formula is C65H45N. The summed E-state index contributed by atoms with van der Waals surface area (Å²) in [6, 6.07) is 100. The minimum absolute atomic E-state index is 0.513. The molecule has 1 aliphatic carbocycles. The van der Waals surface area contributed by atoms with Gasteiger partial charge in [0.05, 0.1) is 11.1 Å². The minimum Gasteiger partial charge on any atom is -0.310 e. The van der Waals surface area contributed by atoms with Crippen molar-refractivity contribution in [3.8, 4) is 55.6 Å². The van der Waals surface area contributed by atoms with Crippen LogP contribution in [0.5, 0.6) is 0 Å². The zero-order valence-corrected chi connectivity index (χ0v) is 36.4. The Morgan fingerprint density at radius 1 is 0.258 bits per heavy atom. The van der Waals surface area contributed by atoms with Crippen LogP contribution in [0.1, 0.15) is 22.3 Å². The van der Waals surface area contributed by atoms with Gasteiger partial charge in [0.2, 0.25) is 0 Å². The Bertz CT molecular complexity index is 3440. The van der Waals surface area contributed by atoms with Crippen LogP contribution in [0.2, 0.25) is 0 Å². The predicted molar refractivity (Wildman–Crippen MR) is 278 cm³/mol. The molecule has 0 spiro atoms. The summed E-state index contributed by atoms with van der Waals surface area (Å²) in [4.78, 5) is 2.47. The molecule has 1 aliphatic rings. The molecule has 0 bridgehead atoms. The van der Waals surface area contributed by atoms with E-state index >= 15 is 0 Å². The molecule has 0 saturated carbocycles. The van der Waals surface area contributed by atoms with E-state index in [1.165, 1.54) is 83.1 Å². The van der Waals surface area contributed by atoms with E-state index in [-0.39, 0.29) is 0 Å². The molecule has 11 aromatic rings. The predicted octanol–water partition coefficient (Wildman–Crippen LogP) is 17.3. The van der Waals surface area contributed by atoms with Gasteiger partial charge in [-0.05, 0) is 119 Å². The van der Waals surface area contributed by atoms with Crippen molar-refractivity contribution in [1.29, 1.82) is 0 Å². The van der Waals surface area contributed by atoms with Gasteiger partial charge < -0.3 is 4.90 Å². The normalized spacial score (nSPS) is 12.4. The molecule has 0 atom stereocenters. The monoisotopic (exact) mass is 839 g/mol. The average molecular weight is 840 g/mol. The zero-order valence-electron chi connectivity index (χ0n) is 36.4. The average Bonchev–Trinajstić information content (AvgIpc) is 3.71. The van der Waals surface area contributed by atoms with Crippen molar-refractivity contribution in [2.45, 2.75) is 5.41 Å². The second-order valence-corrected chi connectivity index (χ2v) is 17.2. The van der Waals surface area contributed by atoms with E-state index in [2.05, 4.69) is 278 Å². The summed E-state index contributed by atoms with van der Waals surface area (Å²) in [5.74, 6) is 0. The molecule has 0 fully saturated rings. The Labute approximate surface area is 387 Å². The lowest BCUT2D eigenvalue weighted by Crippen LogP contribution is -2.28. The van der Waals surface area contributed by atoms with Crippen molar-refractivity contribution in [3.63, 3.8) is 0 Å². The number of rotatable bonds is 9. The summed E-state index contributed by atoms with van der Waals surface area (Å²) >= 11 is 0. The SMILES string of the molecule is c1ccc(-c2ccc(-c3ccc(N(c4cccc(-c5ccc(-c6ccc7ccccc7c6)cc5)c4)c4cccc5c4-c4ccccc4C5(c4ccccc4)c4ccccc4)cc3)cc2)cc1. The highest BCUT2D eigenvalue weighted by molar-refractivity contribution is 5.98. The lowest BCUT2D eigenvalue weighted by atomic mass is 9.68. The fraction of sp³-hybridized carbons (Fsp3) is 0.0154. The summed E-state index contributed by atoms with van der Waals surface area (Å²) in [6.45, 7) is 0. The van der Waals surface area contributed by atoms with Crippen LogP contribution in [0, 0.1) is 0 Å². The first kappa shape index (κ1) is 39.1. The molecule has 0 N–H and O–H groups in total. The summed E-state index contributed by atoms with van der Waals surface area (Å²) in [5.41, 5.74) is 19.9. The molecule has 0 unspecified atom stereocenters. The molecule has 12 rings (SSSR count). The first-order chi connectivity index (χ1) is 32.7. The van der Waals surface area contributed by atoms with Gasteiger partial charge in [-0.1, -0.05) is 237 Å². The van der Waals surface area contributed by atoms with E-state index < -0.39 is 5.41 Å². The van der Waals surface area contributed by atoms with Gasteiger partial charge in [0.1, 0.15) is 0 Å². The Morgan fingerprint density at radius 2 is 0.697 bits per heavy atom. The van der Waals surface area contributed by atoms with E-state index in [9.17, 15) is 0 Å². The maximum absolute atomic E-state index is 2.47. The summed E-state index contributed by atoms with van der Waals surface area (Å²) in [6.07, 6.45) is 0. The lowest BCUT2D eigenvalue weighted by molar-refractivity contribution is 0.768. The maximum Gasteiger partial charge on any atom is 0.0714 e. The number of anilines is 3. The molecule has 0 radical (unpaired) electrons. The Kier molecular flexibility index (Phi) is 9.81. The minimum atomic E-state index is -0.513. The van der Waals surface area contributed by atoms with Gasteiger partial charge in [-0.25, -0.2) is 0 Å². The standard InChI is InChI=1S/C65H45N/c1-4-16-46(17-5-1)48-30-32-49(33-31-48)50-40-42-58(43-41-50)66(59-25-14-20-54(45-59)51-34-36-52(37-35-51)55-39-38-47-18-10-11-19-53(47)44-55)63-29-15-28-62-64(63)60-26-12-13-27-61(60)65(62,56-21-6-2-7-22-56)57-23-8-3-9-24-57/h1-45H. The lowest BCUT2D eigenvalue weighted by Gasteiger charge is -2.34. The van der Waals surface area contributed by atoms with Crippen molar-refractivity contribution >= 4 is 27.8 Å². The first-order valence-corrected chi connectivity index (χ1v) is 22.8. The maximum atomic E-state index is 2.47.